The summed E-state index contributed by atoms with van der Waals surface area (Å²) in [7, 11) is 0. The van der Waals surface area contributed by atoms with Gasteiger partial charge in [-0.3, -0.25) is 4.79 Å². The number of carboxylic acids is 1. The molecule has 2 N–H and O–H groups in total. The Morgan fingerprint density at radius 2 is 1.94 bits per heavy atom. The number of hydrogen-bond acceptors (Lipinski definition) is 7. The Bertz CT molecular complexity index is 1420. The zero-order valence-electron chi connectivity index (χ0n) is 18.7. The van der Waals surface area contributed by atoms with E-state index in [1.54, 1.807) is 0 Å². The molecule has 2 aromatic heterocycles. The number of ketones is 1. The molecule has 0 bridgehead atoms. The first-order valence-electron chi connectivity index (χ1n) is 10.5. The van der Waals surface area contributed by atoms with Crippen LogP contribution in [0.25, 0.3) is 6.08 Å². The number of aromatic hydroxyl groups is 1. The van der Waals surface area contributed by atoms with E-state index in [2.05, 4.69) is 0 Å². The highest BCUT2D eigenvalue weighted by atomic mass is 35.5. The molecule has 0 aliphatic heterocycles. The molecule has 0 amide bonds. The van der Waals surface area contributed by atoms with E-state index in [-0.39, 0.29) is 33.6 Å². The van der Waals surface area contributed by atoms with Gasteiger partial charge in [-0.1, -0.05) is 29.0 Å². The normalized spacial score (nSPS) is 11.7. The molecule has 0 spiro atoms. The summed E-state index contributed by atoms with van der Waals surface area (Å²) >= 11 is 7.23. The lowest BCUT2D eigenvalue weighted by molar-refractivity contribution is -0.131. The summed E-state index contributed by atoms with van der Waals surface area (Å²) in [6, 6.07) is 5.65. The van der Waals surface area contributed by atoms with Crippen molar-refractivity contribution in [1.82, 2.24) is 0 Å². The van der Waals surface area contributed by atoms with Crippen LogP contribution in [0, 0.1) is 11.6 Å². The summed E-state index contributed by atoms with van der Waals surface area (Å²) in [5.74, 6) is -4.27. The molecule has 0 radical (unpaired) electrons. The van der Waals surface area contributed by atoms with Crippen molar-refractivity contribution in [2.24, 2.45) is 0 Å². The molecule has 7 nitrogen and oxygen atoms in total. The molecule has 3 aromatic rings. The van der Waals surface area contributed by atoms with Crippen molar-refractivity contribution in [2.75, 3.05) is 0 Å². The second kappa shape index (κ2) is 11.8. The van der Waals surface area contributed by atoms with Gasteiger partial charge in [0.15, 0.2) is 22.5 Å². The second-order valence-electron chi connectivity index (χ2n) is 7.51. The lowest BCUT2D eigenvalue weighted by atomic mass is 10.0. The molecule has 1 aromatic carbocycles. The van der Waals surface area contributed by atoms with Crippen molar-refractivity contribution in [3.8, 4) is 16.6 Å². The topological polar surface area (TPSA) is 114 Å². The van der Waals surface area contributed by atoms with Gasteiger partial charge in [-0.25, -0.2) is 18.4 Å². The SMILES string of the molecule is C/C(=C\c1sc(Oc2ccc(F)c(F)c2)cc1Cl)C(=O)c1c(O)cc(CCC/C=C/C(=O)O)oc1=O. The van der Waals surface area contributed by atoms with E-state index in [0.29, 0.717) is 17.7 Å². The van der Waals surface area contributed by atoms with Crippen LogP contribution in [0.4, 0.5) is 8.78 Å². The molecule has 0 aliphatic carbocycles. The number of carbonyl (C=O) groups is 2. The zero-order valence-corrected chi connectivity index (χ0v) is 20.3. The third-order valence-corrected chi connectivity index (χ3v) is 6.15. The van der Waals surface area contributed by atoms with Crippen LogP contribution in [-0.2, 0) is 11.2 Å². The number of thiophene rings is 1. The summed E-state index contributed by atoms with van der Waals surface area (Å²) in [4.78, 5) is 36.1. The van der Waals surface area contributed by atoms with E-state index in [1.807, 2.05) is 0 Å². The lowest BCUT2D eigenvalue weighted by Gasteiger charge is -2.05. The number of aliphatic carboxylic acids is 1. The Balaban J connectivity index is 1.74. The number of halogens is 3. The van der Waals surface area contributed by atoms with E-state index < -0.39 is 40.3 Å². The number of Topliss-reactive ketones (excluding diaryl/α,β-unsaturated/α-hetero) is 1. The van der Waals surface area contributed by atoms with E-state index in [9.17, 15) is 28.3 Å². The summed E-state index contributed by atoms with van der Waals surface area (Å²) in [6.07, 6.45) is 4.99. The van der Waals surface area contributed by atoms with Gasteiger partial charge in [0.2, 0.25) is 0 Å². The molecule has 11 heteroatoms. The minimum absolute atomic E-state index is 0.0515. The highest BCUT2D eigenvalue weighted by Gasteiger charge is 2.21. The van der Waals surface area contributed by atoms with Gasteiger partial charge in [-0.05, 0) is 43.5 Å². The Labute approximate surface area is 212 Å². The number of allylic oxidation sites excluding steroid dienone is 2. The van der Waals surface area contributed by atoms with Gasteiger partial charge in [0.1, 0.15) is 22.8 Å². The summed E-state index contributed by atoms with van der Waals surface area (Å²) in [6.45, 7) is 1.43. The number of rotatable bonds is 10. The van der Waals surface area contributed by atoms with Crippen molar-refractivity contribution < 1.29 is 37.7 Å². The molecule has 0 fully saturated rings. The van der Waals surface area contributed by atoms with Crippen molar-refractivity contribution in [3.63, 3.8) is 0 Å². The van der Waals surface area contributed by atoms with Crippen LogP contribution in [0.2, 0.25) is 5.02 Å². The number of unbranched alkanes of at least 4 members (excludes halogenated alkanes) is 1. The number of ether oxygens (including phenoxy) is 1. The second-order valence-corrected chi connectivity index (χ2v) is 8.96. The van der Waals surface area contributed by atoms with Gasteiger partial charge in [0, 0.05) is 35.6 Å². The van der Waals surface area contributed by atoms with Crippen LogP contribution >= 0.6 is 22.9 Å². The summed E-state index contributed by atoms with van der Waals surface area (Å²) in [5, 5.41) is 19.3. The Hall–Kier alpha value is -3.76. The molecule has 2 heterocycles. The Morgan fingerprint density at radius 3 is 2.61 bits per heavy atom. The molecular weight excluding hydrogens is 518 g/mol. The van der Waals surface area contributed by atoms with Gasteiger partial charge in [-0.15, -0.1) is 0 Å². The summed E-state index contributed by atoms with van der Waals surface area (Å²) in [5.41, 5.74) is -1.47. The average molecular weight is 537 g/mol. The first-order valence-corrected chi connectivity index (χ1v) is 11.6. The molecule has 3 rings (SSSR count). The third-order valence-electron chi connectivity index (χ3n) is 4.77. The highest BCUT2D eigenvalue weighted by Crippen LogP contribution is 2.37. The maximum Gasteiger partial charge on any atom is 0.351 e. The average Bonchev–Trinajstić information content (AvgIpc) is 3.13. The fraction of sp³-hybridized carbons (Fsp3) is 0.160. The highest BCUT2D eigenvalue weighted by molar-refractivity contribution is 7.15. The first-order chi connectivity index (χ1) is 17.0. The van der Waals surface area contributed by atoms with Gasteiger partial charge < -0.3 is 19.4 Å². The predicted molar refractivity (Wildman–Crippen MR) is 130 cm³/mol. The number of benzene rings is 1. The monoisotopic (exact) mass is 536 g/mol. The molecule has 188 valence electrons. The van der Waals surface area contributed by atoms with Crippen LogP contribution in [0.5, 0.6) is 16.6 Å². The van der Waals surface area contributed by atoms with E-state index in [0.717, 1.165) is 29.5 Å². The molecule has 0 atom stereocenters. The van der Waals surface area contributed by atoms with Crippen LogP contribution in [-0.4, -0.2) is 22.0 Å². The number of hydrogen-bond donors (Lipinski definition) is 2. The van der Waals surface area contributed by atoms with Crippen LogP contribution in [0.1, 0.15) is 40.8 Å². The molecular formula is C25H19ClF2O7S. The van der Waals surface area contributed by atoms with Gasteiger partial charge in [-0.2, -0.15) is 0 Å². The number of aryl methyl sites for hydroxylation is 1. The first kappa shape index (κ1) is 26.8. The van der Waals surface area contributed by atoms with E-state index in [1.165, 1.54) is 37.3 Å². The standard InChI is InChI=1S/C25H19ClF2O7S/c1-13(9-20-16(26)12-22(36-20)34-15-7-8-17(27)18(28)10-15)24(32)23-19(29)11-14(35-25(23)33)5-3-2-4-6-21(30)31/h4,6-12,29H,2-3,5H2,1H3,(H,30,31)/b6-4+,13-9+. The largest absolute Gasteiger partial charge is 0.507 e. The van der Waals surface area contributed by atoms with Gasteiger partial charge >= 0.3 is 11.6 Å². The number of carboxylic acid groups (broad SMARTS) is 1. The van der Waals surface area contributed by atoms with Crippen molar-refractivity contribution >= 4 is 40.8 Å². The smallest absolute Gasteiger partial charge is 0.351 e. The zero-order chi connectivity index (χ0) is 26.4. The Kier molecular flexibility index (Phi) is 8.78. The lowest BCUT2D eigenvalue weighted by Crippen LogP contribution is -2.16. The fourth-order valence-corrected chi connectivity index (χ4v) is 4.32. The minimum Gasteiger partial charge on any atom is -0.507 e. The van der Waals surface area contributed by atoms with E-state index in [4.69, 9.17) is 25.9 Å². The molecule has 0 unspecified atom stereocenters. The van der Waals surface area contributed by atoms with Crippen LogP contribution in [0.15, 0.2) is 57.3 Å². The van der Waals surface area contributed by atoms with Gasteiger partial charge in [0.05, 0.1) is 5.02 Å². The van der Waals surface area contributed by atoms with Crippen molar-refractivity contribution in [3.05, 3.63) is 91.3 Å². The minimum atomic E-state index is -1.07. The predicted octanol–water partition coefficient (Wildman–Crippen LogP) is 6.38. The molecule has 0 saturated heterocycles. The maximum atomic E-state index is 13.4. The molecule has 0 saturated carbocycles. The van der Waals surface area contributed by atoms with E-state index >= 15 is 0 Å². The third kappa shape index (κ3) is 6.89. The van der Waals surface area contributed by atoms with Crippen LogP contribution < -0.4 is 10.4 Å². The molecule has 36 heavy (non-hydrogen) atoms. The van der Waals surface area contributed by atoms with Crippen LogP contribution in [0.3, 0.4) is 0 Å². The quantitative estimate of drug-likeness (QED) is 0.175. The Morgan fingerprint density at radius 1 is 1.19 bits per heavy atom. The summed E-state index contributed by atoms with van der Waals surface area (Å²) < 4.78 is 37.1. The molecule has 0 aliphatic rings. The fourth-order valence-electron chi connectivity index (χ4n) is 3.07. The van der Waals surface area contributed by atoms with Gasteiger partial charge in [0.25, 0.3) is 0 Å². The van der Waals surface area contributed by atoms with Crippen molar-refractivity contribution in [1.29, 1.82) is 0 Å². The van der Waals surface area contributed by atoms with Crippen molar-refractivity contribution in [2.45, 2.75) is 26.2 Å². The maximum absolute atomic E-state index is 13.4. The number of carbonyl (C=O) groups excluding carboxylic acids is 1.